The number of aryl methyl sites for hydroxylation is 2. The first-order valence-electron chi connectivity index (χ1n) is 6.92. The van der Waals surface area contributed by atoms with Crippen molar-refractivity contribution in [2.24, 2.45) is 7.05 Å². The molecule has 0 aliphatic rings. The van der Waals surface area contributed by atoms with E-state index in [-0.39, 0.29) is 6.04 Å². The third-order valence-corrected chi connectivity index (χ3v) is 4.01. The number of rotatable bonds is 4. The van der Waals surface area contributed by atoms with Gasteiger partial charge in [0.05, 0.1) is 17.3 Å². The van der Waals surface area contributed by atoms with Gasteiger partial charge >= 0.3 is 0 Å². The third-order valence-electron chi connectivity index (χ3n) is 3.66. The number of carbonyl (C=O) groups is 2. The predicted octanol–water partition coefficient (Wildman–Crippen LogP) is 2.75. The standard InChI is InChI=1S/C16H18ClN3O2/c1-9(12-7-5-6-8-13(12)17)18-16(22)15(21)14-10(2)19-20(4)11(14)3/h5-9H,1-4H3,(H,18,22). The molecule has 1 aromatic heterocycles. The highest BCUT2D eigenvalue weighted by molar-refractivity contribution is 6.43. The Hall–Kier alpha value is -2.14. The number of halogens is 1. The Morgan fingerprint density at radius 2 is 1.91 bits per heavy atom. The van der Waals surface area contributed by atoms with Gasteiger partial charge in [-0.3, -0.25) is 14.3 Å². The van der Waals surface area contributed by atoms with E-state index in [1.807, 2.05) is 18.2 Å². The second-order valence-electron chi connectivity index (χ2n) is 5.22. The molecule has 0 aliphatic carbocycles. The minimum atomic E-state index is -0.661. The molecule has 116 valence electrons. The van der Waals surface area contributed by atoms with Crippen molar-refractivity contribution < 1.29 is 9.59 Å². The molecule has 5 nitrogen and oxygen atoms in total. The van der Waals surface area contributed by atoms with Crippen LogP contribution in [-0.2, 0) is 11.8 Å². The summed E-state index contributed by atoms with van der Waals surface area (Å²) in [5.41, 5.74) is 2.34. The zero-order valence-electron chi connectivity index (χ0n) is 13.0. The summed E-state index contributed by atoms with van der Waals surface area (Å²) in [4.78, 5) is 24.6. The summed E-state index contributed by atoms with van der Waals surface area (Å²) < 4.78 is 1.59. The second kappa shape index (κ2) is 6.32. The first-order chi connectivity index (χ1) is 10.3. The van der Waals surface area contributed by atoms with Crippen LogP contribution in [0.5, 0.6) is 0 Å². The molecule has 0 saturated heterocycles. The highest BCUT2D eigenvalue weighted by Gasteiger charge is 2.25. The first kappa shape index (κ1) is 16.2. The molecule has 0 saturated carbocycles. The number of aromatic nitrogens is 2. The van der Waals surface area contributed by atoms with E-state index >= 15 is 0 Å². The van der Waals surface area contributed by atoms with E-state index in [9.17, 15) is 9.59 Å². The molecule has 1 amide bonds. The molecular formula is C16H18ClN3O2. The van der Waals surface area contributed by atoms with Gasteiger partial charge < -0.3 is 5.32 Å². The maximum Gasteiger partial charge on any atom is 0.293 e. The summed E-state index contributed by atoms with van der Waals surface area (Å²) in [6, 6.07) is 6.85. The molecule has 22 heavy (non-hydrogen) atoms. The average Bonchev–Trinajstić information content (AvgIpc) is 2.71. The van der Waals surface area contributed by atoms with Gasteiger partial charge in [-0.1, -0.05) is 29.8 Å². The number of nitrogens with zero attached hydrogens (tertiary/aromatic N) is 2. The fraction of sp³-hybridized carbons (Fsp3) is 0.312. The summed E-state index contributed by atoms with van der Waals surface area (Å²) >= 11 is 6.10. The number of carbonyl (C=O) groups excluding carboxylic acids is 2. The molecule has 0 spiro atoms. The number of hydrogen-bond acceptors (Lipinski definition) is 3. The van der Waals surface area contributed by atoms with Crippen LogP contribution in [0.15, 0.2) is 24.3 Å². The molecular weight excluding hydrogens is 302 g/mol. The van der Waals surface area contributed by atoms with Crippen LogP contribution in [0.2, 0.25) is 5.02 Å². The number of amides is 1. The van der Waals surface area contributed by atoms with E-state index in [0.717, 1.165) is 5.56 Å². The van der Waals surface area contributed by atoms with Crippen molar-refractivity contribution in [3.8, 4) is 0 Å². The van der Waals surface area contributed by atoms with Crippen molar-refractivity contribution in [2.45, 2.75) is 26.8 Å². The summed E-state index contributed by atoms with van der Waals surface area (Å²) in [5.74, 6) is -1.24. The minimum Gasteiger partial charge on any atom is -0.343 e. The van der Waals surface area contributed by atoms with Crippen LogP contribution < -0.4 is 5.32 Å². The van der Waals surface area contributed by atoms with E-state index < -0.39 is 11.7 Å². The van der Waals surface area contributed by atoms with Crippen molar-refractivity contribution in [1.82, 2.24) is 15.1 Å². The normalized spacial score (nSPS) is 12.0. The predicted molar refractivity (Wildman–Crippen MR) is 85.0 cm³/mol. The van der Waals surface area contributed by atoms with E-state index in [1.54, 1.807) is 38.6 Å². The Kier molecular flexibility index (Phi) is 4.66. The fourth-order valence-corrected chi connectivity index (χ4v) is 2.68. The Bertz CT molecular complexity index is 737. The molecule has 2 rings (SSSR count). The lowest BCUT2D eigenvalue weighted by Crippen LogP contribution is -2.33. The maximum absolute atomic E-state index is 12.4. The van der Waals surface area contributed by atoms with Crippen LogP contribution in [-0.4, -0.2) is 21.5 Å². The number of benzene rings is 1. The number of nitrogens with one attached hydrogen (secondary N) is 1. The molecule has 1 heterocycles. The summed E-state index contributed by atoms with van der Waals surface area (Å²) in [7, 11) is 1.74. The number of Topliss-reactive ketones (excluding diaryl/α,β-unsaturated/α-hetero) is 1. The van der Waals surface area contributed by atoms with E-state index in [4.69, 9.17) is 11.6 Å². The lowest BCUT2D eigenvalue weighted by Gasteiger charge is -2.15. The van der Waals surface area contributed by atoms with Crippen molar-refractivity contribution in [3.63, 3.8) is 0 Å². The fourth-order valence-electron chi connectivity index (χ4n) is 2.38. The Balaban J connectivity index is 2.19. The van der Waals surface area contributed by atoms with E-state index in [2.05, 4.69) is 10.4 Å². The van der Waals surface area contributed by atoms with Crippen LogP contribution in [0.1, 0.15) is 40.3 Å². The van der Waals surface area contributed by atoms with Crippen molar-refractivity contribution >= 4 is 23.3 Å². The molecule has 2 aromatic rings. The minimum absolute atomic E-state index is 0.353. The Labute approximate surface area is 134 Å². The summed E-state index contributed by atoms with van der Waals surface area (Å²) in [6.07, 6.45) is 0. The van der Waals surface area contributed by atoms with Gasteiger partial charge in [0.25, 0.3) is 11.7 Å². The Morgan fingerprint density at radius 3 is 2.45 bits per heavy atom. The smallest absolute Gasteiger partial charge is 0.293 e. The molecule has 1 aromatic carbocycles. The second-order valence-corrected chi connectivity index (χ2v) is 5.62. The number of hydrogen-bond donors (Lipinski definition) is 1. The largest absolute Gasteiger partial charge is 0.343 e. The van der Waals surface area contributed by atoms with Gasteiger partial charge in [0.15, 0.2) is 0 Å². The van der Waals surface area contributed by atoms with Crippen LogP contribution in [0.25, 0.3) is 0 Å². The van der Waals surface area contributed by atoms with Gasteiger partial charge in [-0.25, -0.2) is 0 Å². The van der Waals surface area contributed by atoms with E-state index in [0.29, 0.717) is 22.0 Å². The zero-order valence-corrected chi connectivity index (χ0v) is 13.7. The van der Waals surface area contributed by atoms with Gasteiger partial charge in [0.2, 0.25) is 0 Å². The topological polar surface area (TPSA) is 64.0 Å². The molecule has 0 fully saturated rings. The number of ketones is 1. The average molecular weight is 320 g/mol. The van der Waals surface area contributed by atoms with Crippen LogP contribution >= 0.6 is 11.6 Å². The maximum atomic E-state index is 12.4. The van der Waals surface area contributed by atoms with Crippen molar-refractivity contribution in [3.05, 3.63) is 51.8 Å². The lowest BCUT2D eigenvalue weighted by molar-refractivity contribution is -0.117. The quantitative estimate of drug-likeness (QED) is 0.696. The SMILES string of the molecule is Cc1nn(C)c(C)c1C(=O)C(=O)NC(C)c1ccccc1Cl. The van der Waals surface area contributed by atoms with E-state index in [1.165, 1.54) is 0 Å². The van der Waals surface area contributed by atoms with Gasteiger partial charge in [-0.05, 0) is 32.4 Å². The first-order valence-corrected chi connectivity index (χ1v) is 7.30. The highest BCUT2D eigenvalue weighted by Crippen LogP contribution is 2.22. The highest BCUT2D eigenvalue weighted by atomic mass is 35.5. The van der Waals surface area contributed by atoms with Crippen LogP contribution in [0, 0.1) is 13.8 Å². The molecule has 1 atom stereocenters. The summed E-state index contributed by atoms with van der Waals surface area (Å²) in [5, 5.41) is 7.40. The zero-order chi connectivity index (χ0) is 16.4. The third kappa shape index (κ3) is 3.04. The molecule has 6 heteroatoms. The van der Waals surface area contributed by atoms with Gasteiger partial charge in [-0.2, -0.15) is 5.10 Å². The van der Waals surface area contributed by atoms with Crippen LogP contribution in [0.4, 0.5) is 0 Å². The van der Waals surface area contributed by atoms with Gasteiger partial charge in [0.1, 0.15) is 0 Å². The molecule has 1 unspecified atom stereocenters. The van der Waals surface area contributed by atoms with Crippen molar-refractivity contribution in [1.29, 1.82) is 0 Å². The van der Waals surface area contributed by atoms with Gasteiger partial charge in [0, 0.05) is 17.8 Å². The molecule has 0 bridgehead atoms. The molecule has 1 N–H and O–H groups in total. The molecule has 0 radical (unpaired) electrons. The molecule has 0 aliphatic heterocycles. The van der Waals surface area contributed by atoms with Crippen molar-refractivity contribution in [2.75, 3.05) is 0 Å². The summed E-state index contributed by atoms with van der Waals surface area (Å²) in [6.45, 7) is 5.26. The van der Waals surface area contributed by atoms with Crippen LogP contribution in [0.3, 0.4) is 0 Å². The monoisotopic (exact) mass is 319 g/mol. The Morgan fingerprint density at radius 1 is 1.27 bits per heavy atom. The lowest BCUT2D eigenvalue weighted by atomic mass is 10.1. The van der Waals surface area contributed by atoms with Gasteiger partial charge in [-0.15, -0.1) is 0 Å².